The maximum absolute atomic E-state index is 5.15. The topological polar surface area (TPSA) is 25.8 Å². The Morgan fingerprint density at radius 3 is 1.77 bits per heavy atom. The minimum atomic E-state index is -0.455. The van der Waals surface area contributed by atoms with Crippen LogP contribution in [0.15, 0.2) is 182 Å². The number of nitrogens with zero attached hydrogens (tertiary/aromatic N) is 2. The first-order valence-electron chi connectivity index (χ1n) is 18.3. The summed E-state index contributed by atoms with van der Waals surface area (Å²) in [7, 11) is 0. The Labute approximate surface area is 306 Å². The molecule has 244 valence electrons. The number of aromatic nitrogens is 2. The summed E-state index contributed by atoms with van der Waals surface area (Å²) < 4.78 is 0. The van der Waals surface area contributed by atoms with Crippen LogP contribution in [0.1, 0.15) is 22.3 Å². The van der Waals surface area contributed by atoms with Crippen LogP contribution in [0.5, 0.6) is 0 Å². The molecule has 0 saturated heterocycles. The molecule has 0 saturated carbocycles. The molecule has 2 aromatic heterocycles. The van der Waals surface area contributed by atoms with Gasteiger partial charge in [-0.25, -0.2) is 4.98 Å². The number of fused-ring (bicyclic) bond motifs is 17. The monoisotopic (exact) mass is 670 g/mol. The molecule has 0 fully saturated rings. The van der Waals surface area contributed by atoms with Gasteiger partial charge >= 0.3 is 0 Å². The van der Waals surface area contributed by atoms with Gasteiger partial charge in [-0.05, 0) is 95.4 Å². The second-order valence-electron chi connectivity index (χ2n) is 14.4. The van der Waals surface area contributed by atoms with Crippen molar-refractivity contribution >= 4 is 43.4 Å². The van der Waals surface area contributed by atoms with Crippen LogP contribution < -0.4 is 0 Å². The van der Waals surface area contributed by atoms with Crippen LogP contribution in [0.25, 0.3) is 88.0 Å². The molecule has 0 N–H and O–H groups in total. The number of rotatable bonds is 2. The van der Waals surface area contributed by atoms with E-state index in [0.29, 0.717) is 0 Å². The van der Waals surface area contributed by atoms with Gasteiger partial charge in [0.1, 0.15) is 0 Å². The van der Waals surface area contributed by atoms with Crippen molar-refractivity contribution in [1.29, 1.82) is 0 Å². The smallest absolute Gasteiger partial charge is 0.0972 e. The largest absolute Gasteiger partial charge is 0.254 e. The van der Waals surface area contributed by atoms with Gasteiger partial charge in [0.25, 0.3) is 0 Å². The van der Waals surface area contributed by atoms with Crippen molar-refractivity contribution in [2.75, 3.05) is 0 Å². The molecule has 10 aromatic rings. The third-order valence-corrected chi connectivity index (χ3v) is 11.9. The molecule has 2 nitrogen and oxygen atoms in total. The molecular formula is C51H30N2. The van der Waals surface area contributed by atoms with E-state index < -0.39 is 5.41 Å². The molecule has 0 atom stereocenters. The van der Waals surface area contributed by atoms with Gasteiger partial charge < -0.3 is 0 Å². The van der Waals surface area contributed by atoms with Crippen molar-refractivity contribution in [3.63, 3.8) is 0 Å². The maximum atomic E-state index is 5.15. The fraction of sp³-hybridized carbons (Fsp3) is 0.0196. The van der Waals surface area contributed by atoms with Crippen LogP contribution in [0.4, 0.5) is 0 Å². The molecule has 0 bridgehead atoms. The van der Waals surface area contributed by atoms with E-state index in [-0.39, 0.29) is 0 Å². The van der Waals surface area contributed by atoms with Gasteiger partial charge in [-0.15, -0.1) is 0 Å². The zero-order chi connectivity index (χ0) is 34.7. The third kappa shape index (κ3) is 3.77. The van der Waals surface area contributed by atoms with Gasteiger partial charge in [0.2, 0.25) is 0 Å². The SMILES string of the molecule is c1ccc2c(c1)-c1ccccc1C21c2cc(-c3ccc(-c4ccc5ccc6cccnc6c5n4)cc3)c3ccccc3c2-c2ccc3ccccc3c21. The summed E-state index contributed by atoms with van der Waals surface area (Å²) in [5, 5.41) is 7.33. The Hall–Kier alpha value is -6.90. The summed E-state index contributed by atoms with van der Waals surface area (Å²) in [5.74, 6) is 0. The number of pyridine rings is 2. The first kappa shape index (κ1) is 28.8. The van der Waals surface area contributed by atoms with Gasteiger partial charge in [0.05, 0.1) is 22.1 Å². The van der Waals surface area contributed by atoms with Crippen LogP contribution in [0, 0.1) is 0 Å². The normalized spacial score (nSPS) is 13.4. The Morgan fingerprint density at radius 2 is 0.981 bits per heavy atom. The molecule has 12 rings (SSSR count). The second-order valence-corrected chi connectivity index (χ2v) is 14.4. The molecule has 0 amide bonds. The van der Waals surface area contributed by atoms with Crippen LogP contribution in [0.2, 0.25) is 0 Å². The van der Waals surface area contributed by atoms with E-state index >= 15 is 0 Å². The van der Waals surface area contributed by atoms with E-state index in [1.165, 1.54) is 77.2 Å². The molecule has 0 radical (unpaired) electrons. The predicted octanol–water partition coefficient (Wildman–Crippen LogP) is 12.8. The summed E-state index contributed by atoms with van der Waals surface area (Å²) in [6, 6.07) is 64.9. The highest BCUT2D eigenvalue weighted by Crippen LogP contribution is 2.65. The highest BCUT2D eigenvalue weighted by Gasteiger charge is 2.53. The average molecular weight is 671 g/mol. The van der Waals surface area contributed by atoms with Gasteiger partial charge in [-0.3, -0.25) is 4.98 Å². The molecule has 2 aliphatic rings. The lowest BCUT2D eigenvalue weighted by Crippen LogP contribution is -2.26. The molecule has 53 heavy (non-hydrogen) atoms. The summed E-state index contributed by atoms with van der Waals surface area (Å²) >= 11 is 0. The lowest BCUT2D eigenvalue weighted by Gasteiger charge is -2.32. The Kier molecular flexibility index (Phi) is 5.73. The summed E-state index contributed by atoms with van der Waals surface area (Å²) in [4.78, 5) is 9.83. The van der Waals surface area contributed by atoms with Gasteiger partial charge in [-0.1, -0.05) is 158 Å². The minimum Gasteiger partial charge on any atom is -0.254 e. The van der Waals surface area contributed by atoms with Crippen molar-refractivity contribution < 1.29 is 0 Å². The fourth-order valence-electron chi connectivity index (χ4n) is 9.72. The molecule has 0 unspecified atom stereocenters. The minimum absolute atomic E-state index is 0.455. The lowest BCUT2D eigenvalue weighted by atomic mass is 9.69. The van der Waals surface area contributed by atoms with Crippen LogP contribution in [0.3, 0.4) is 0 Å². The van der Waals surface area contributed by atoms with Crippen molar-refractivity contribution in [2.45, 2.75) is 5.41 Å². The number of hydrogen-bond acceptors (Lipinski definition) is 2. The van der Waals surface area contributed by atoms with Crippen LogP contribution in [-0.4, -0.2) is 9.97 Å². The maximum Gasteiger partial charge on any atom is 0.0972 e. The lowest BCUT2D eigenvalue weighted by molar-refractivity contribution is 0.802. The molecule has 8 aromatic carbocycles. The second kappa shape index (κ2) is 10.6. The summed E-state index contributed by atoms with van der Waals surface area (Å²) in [5.41, 5.74) is 16.7. The Morgan fingerprint density at radius 1 is 0.377 bits per heavy atom. The first-order chi connectivity index (χ1) is 26.3. The Bertz CT molecular complexity index is 3130. The fourth-order valence-corrected chi connectivity index (χ4v) is 9.72. The summed E-state index contributed by atoms with van der Waals surface area (Å²) in [6.45, 7) is 0. The van der Waals surface area contributed by atoms with Crippen molar-refractivity contribution in [1.82, 2.24) is 9.97 Å². The number of hydrogen-bond donors (Lipinski definition) is 0. The average Bonchev–Trinajstić information content (AvgIpc) is 3.71. The molecule has 2 heterocycles. The Balaban J connectivity index is 1.12. The molecule has 2 aliphatic carbocycles. The van der Waals surface area contributed by atoms with E-state index in [9.17, 15) is 0 Å². The molecular weight excluding hydrogens is 641 g/mol. The van der Waals surface area contributed by atoms with Crippen LogP contribution >= 0.6 is 0 Å². The zero-order valence-electron chi connectivity index (χ0n) is 28.7. The third-order valence-electron chi connectivity index (χ3n) is 11.9. The van der Waals surface area contributed by atoms with Gasteiger partial charge in [0, 0.05) is 22.5 Å². The van der Waals surface area contributed by atoms with E-state index in [1.54, 1.807) is 0 Å². The van der Waals surface area contributed by atoms with E-state index in [2.05, 4.69) is 175 Å². The highest BCUT2D eigenvalue weighted by molar-refractivity contribution is 6.14. The van der Waals surface area contributed by atoms with Crippen molar-refractivity contribution in [2.24, 2.45) is 0 Å². The van der Waals surface area contributed by atoms with Crippen molar-refractivity contribution in [3.8, 4) is 44.6 Å². The number of benzene rings is 8. The van der Waals surface area contributed by atoms with Gasteiger partial charge in [0.15, 0.2) is 0 Å². The quantitative estimate of drug-likeness (QED) is 0.171. The predicted molar refractivity (Wildman–Crippen MR) is 219 cm³/mol. The van der Waals surface area contributed by atoms with Crippen LogP contribution in [-0.2, 0) is 5.41 Å². The van der Waals surface area contributed by atoms with Crippen molar-refractivity contribution in [3.05, 3.63) is 204 Å². The first-order valence-corrected chi connectivity index (χ1v) is 18.3. The highest BCUT2D eigenvalue weighted by atomic mass is 14.7. The summed E-state index contributed by atoms with van der Waals surface area (Å²) in [6.07, 6.45) is 1.85. The molecule has 0 aliphatic heterocycles. The standard InChI is InChI=1S/C51H30N2/c1-2-12-36-31(10-1)25-27-41-47-40-16-4-3-13-37(40)42(30-45(47)51(48(36)41)43-17-7-5-14-38(43)39-15-6-8-18-44(39)51)32-19-21-33(22-20-32)46-28-26-35-24-23-34-11-9-29-52-49(34)50(35)53-46/h1-30H. The molecule has 1 spiro atoms. The van der Waals surface area contributed by atoms with Gasteiger partial charge in [-0.2, -0.15) is 0 Å². The van der Waals surface area contributed by atoms with E-state index in [1.807, 2.05) is 12.3 Å². The zero-order valence-corrected chi connectivity index (χ0v) is 28.7. The molecule has 2 heteroatoms. The van der Waals surface area contributed by atoms with E-state index in [0.717, 1.165) is 33.1 Å². The van der Waals surface area contributed by atoms with E-state index in [4.69, 9.17) is 4.98 Å².